The normalized spacial score (nSPS) is 9.90. The van der Waals surface area contributed by atoms with Gasteiger partial charge in [0.25, 0.3) is 0 Å². The topological polar surface area (TPSA) is 73.6 Å². The first-order chi connectivity index (χ1) is 9.62. The molecule has 5 nitrogen and oxygen atoms in total. The number of aromatic nitrogens is 2. The number of halogens is 1. The quantitative estimate of drug-likeness (QED) is 0.900. The molecule has 102 valence electrons. The van der Waals surface area contributed by atoms with Crippen molar-refractivity contribution >= 4 is 28.9 Å². The lowest BCUT2D eigenvalue weighted by Gasteiger charge is -2.10. The fourth-order valence-corrected chi connectivity index (χ4v) is 1.96. The summed E-state index contributed by atoms with van der Waals surface area (Å²) in [4.78, 5) is 8.59. The maximum atomic E-state index is 8.82. The Morgan fingerprint density at radius 2 is 2.00 bits per heavy atom. The molecule has 2 N–H and O–H groups in total. The molecule has 2 rings (SSSR count). The second-order valence-electron chi connectivity index (χ2n) is 4.15. The van der Waals surface area contributed by atoms with Crippen LogP contribution in [0.2, 0.25) is 5.02 Å². The molecule has 6 heteroatoms. The Morgan fingerprint density at radius 1 is 1.25 bits per heavy atom. The van der Waals surface area contributed by atoms with E-state index in [1.165, 1.54) is 0 Å². The molecular weight excluding hydrogens is 274 g/mol. The van der Waals surface area contributed by atoms with Gasteiger partial charge in [-0.25, -0.2) is 9.97 Å². The average Bonchev–Trinajstić information content (AvgIpc) is 2.41. The molecule has 0 aliphatic carbocycles. The molecule has 0 bridgehead atoms. The van der Waals surface area contributed by atoms with Crippen LogP contribution in [0.1, 0.15) is 18.3 Å². The van der Waals surface area contributed by atoms with Gasteiger partial charge in [0, 0.05) is 12.6 Å². The van der Waals surface area contributed by atoms with Crippen molar-refractivity contribution in [3.8, 4) is 6.07 Å². The number of anilines is 3. The van der Waals surface area contributed by atoms with Gasteiger partial charge in [-0.2, -0.15) is 5.26 Å². The first-order valence-electron chi connectivity index (χ1n) is 6.18. The summed E-state index contributed by atoms with van der Waals surface area (Å²) >= 11 is 6.13. The summed E-state index contributed by atoms with van der Waals surface area (Å²) in [5.74, 6) is 2.07. The van der Waals surface area contributed by atoms with Crippen molar-refractivity contribution in [2.75, 3.05) is 17.2 Å². The van der Waals surface area contributed by atoms with E-state index in [1.54, 1.807) is 18.2 Å². The largest absolute Gasteiger partial charge is 0.370 e. The Kier molecular flexibility index (Phi) is 4.38. The van der Waals surface area contributed by atoms with Crippen LogP contribution in [0.4, 0.5) is 17.3 Å². The highest BCUT2D eigenvalue weighted by atomic mass is 35.5. The zero-order valence-electron chi connectivity index (χ0n) is 11.2. The Bertz CT molecular complexity index is 663. The van der Waals surface area contributed by atoms with Gasteiger partial charge in [-0.05, 0) is 32.0 Å². The highest BCUT2D eigenvalue weighted by Gasteiger charge is 2.05. The van der Waals surface area contributed by atoms with Gasteiger partial charge in [0.1, 0.15) is 17.5 Å². The van der Waals surface area contributed by atoms with Crippen LogP contribution in [-0.2, 0) is 0 Å². The van der Waals surface area contributed by atoms with Crippen LogP contribution in [0.5, 0.6) is 0 Å². The van der Waals surface area contributed by atoms with E-state index in [9.17, 15) is 0 Å². The van der Waals surface area contributed by atoms with Gasteiger partial charge < -0.3 is 10.6 Å². The van der Waals surface area contributed by atoms with Gasteiger partial charge in [0.05, 0.1) is 22.3 Å². The van der Waals surface area contributed by atoms with Crippen LogP contribution in [-0.4, -0.2) is 16.5 Å². The molecule has 0 saturated carbocycles. The Labute approximate surface area is 122 Å². The zero-order valence-corrected chi connectivity index (χ0v) is 12.0. The summed E-state index contributed by atoms with van der Waals surface area (Å²) < 4.78 is 0. The fourth-order valence-electron chi connectivity index (χ4n) is 1.73. The summed E-state index contributed by atoms with van der Waals surface area (Å²) in [5, 5.41) is 15.6. The second kappa shape index (κ2) is 6.22. The van der Waals surface area contributed by atoms with Gasteiger partial charge in [-0.1, -0.05) is 11.6 Å². The summed E-state index contributed by atoms with van der Waals surface area (Å²) in [6.07, 6.45) is 0. The van der Waals surface area contributed by atoms with E-state index in [2.05, 4.69) is 20.6 Å². The number of benzene rings is 1. The number of aryl methyl sites for hydroxylation is 1. The number of rotatable bonds is 4. The Balaban J connectivity index is 2.28. The van der Waals surface area contributed by atoms with Crippen LogP contribution in [0.25, 0.3) is 0 Å². The van der Waals surface area contributed by atoms with E-state index in [-0.39, 0.29) is 0 Å². The van der Waals surface area contributed by atoms with Crippen LogP contribution < -0.4 is 10.6 Å². The highest BCUT2D eigenvalue weighted by molar-refractivity contribution is 6.33. The molecule has 1 heterocycles. The summed E-state index contributed by atoms with van der Waals surface area (Å²) in [5.41, 5.74) is 1.22. The van der Waals surface area contributed by atoms with Crippen LogP contribution in [0.15, 0.2) is 24.3 Å². The minimum absolute atomic E-state index is 0.477. The van der Waals surface area contributed by atoms with Gasteiger partial charge in [0.2, 0.25) is 0 Å². The molecule has 0 aliphatic heterocycles. The molecule has 1 aromatic heterocycles. The SMILES string of the molecule is CCNc1cc(Nc2ccc(C#N)cc2Cl)nc(C)n1. The van der Waals surface area contributed by atoms with Crippen molar-refractivity contribution in [1.82, 2.24) is 9.97 Å². The molecule has 0 aliphatic rings. The molecule has 0 saturated heterocycles. The summed E-state index contributed by atoms with van der Waals surface area (Å²) in [6, 6.07) is 8.93. The van der Waals surface area contributed by atoms with Gasteiger partial charge in [0.15, 0.2) is 0 Å². The Morgan fingerprint density at radius 3 is 2.65 bits per heavy atom. The summed E-state index contributed by atoms with van der Waals surface area (Å²) in [7, 11) is 0. The maximum absolute atomic E-state index is 8.82. The minimum atomic E-state index is 0.477. The molecule has 20 heavy (non-hydrogen) atoms. The van der Waals surface area contributed by atoms with Crippen LogP contribution >= 0.6 is 11.6 Å². The van der Waals surface area contributed by atoms with E-state index in [0.29, 0.717) is 27.9 Å². The van der Waals surface area contributed by atoms with Crippen LogP contribution in [0, 0.1) is 18.3 Å². The third-order valence-corrected chi connectivity index (χ3v) is 2.87. The highest BCUT2D eigenvalue weighted by Crippen LogP contribution is 2.26. The second-order valence-corrected chi connectivity index (χ2v) is 4.55. The molecule has 0 amide bonds. The van der Waals surface area contributed by atoms with Gasteiger partial charge in [-0.3, -0.25) is 0 Å². The minimum Gasteiger partial charge on any atom is -0.370 e. The monoisotopic (exact) mass is 287 g/mol. The number of nitriles is 1. The lowest BCUT2D eigenvalue weighted by Crippen LogP contribution is -2.04. The predicted octanol–water partition coefficient (Wildman–Crippen LogP) is 3.49. The van der Waals surface area contributed by atoms with Crippen molar-refractivity contribution < 1.29 is 0 Å². The van der Waals surface area contributed by atoms with E-state index >= 15 is 0 Å². The zero-order chi connectivity index (χ0) is 14.5. The van der Waals surface area contributed by atoms with Crippen molar-refractivity contribution in [1.29, 1.82) is 5.26 Å². The van der Waals surface area contributed by atoms with E-state index in [1.807, 2.05) is 26.0 Å². The molecule has 0 spiro atoms. The average molecular weight is 288 g/mol. The van der Waals surface area contributed by atoms with E-state index in [0.717, 1.165) is 12.4 Å². The van der Waals surface area contributed by atoms with E-state index < -0.39 is 0 Å². The summed E-state index contributed by atoms with van der Waals surface area (Å²) in [6.45, 7) is 4.61. The van der Waals surface area contributed by atoms with Crippen molar-refractivity contribution in [3.63, 3.8) is 0 Å². The molecule has 1 aromatic carbocycles. The third kappa shape index (κ3) is 3.37. The molecular formula is C14H14ClN5. The Hall–Kier alpha value is -2.32. The lowest BCUT2D eigenvalue weighted by atomic mass is 10.2. The molecule has 2 aromatic rings. The smallest absolute Gasteiger partial charge is 0.136 e. The van der Waals surface area contributed by atoms with Crippen LogP contribution in [0.3, 0.4) is 0 Å². The van der Waals surface area contributed by atoms with Crippen molar-refractivity contribution in [3.05, 3.63) is 40.7 Å². The van der Waals surface area contributed by atoms with E-state index in [4.69, 9.17) is 16.9 Å². The van der Waals surface area contributed by atoms with Crippen molar-refractivity contribution in [2.24, 2.45) is 0 Å². The predicted molar refractivity (Wildman–Crippen MR) is 80.4 cm³/mol. The maximum Gasteiger partial charge on any atom is 0.136 e. The molecule has 0 unspecified atom stereocenters. The fraction of sp³-hybridized carbons (Fsp3) is 0.214. The molecule has 0 fully saturated rings. The number of nitrogens with zero attached hydrogens (tertiary/aromatic N) is 3. The van der Waals surface area contributed by atoms with Gasteiger partial charge in [-0.15, -0.1) is 0 Å². The standard InChI is InChI=1S/C14H14ClN5/c1-3-17-13-7-14(19-9(2)18-13)20-12-5-4-10(8-16)6-11(12)15/h4-7H,3H2,1-2H3,(H2,17,18,19,20). The van der Waals surface area contributed by atoms with Gasteiger partial charge >= 0.3 is 0 Å². The third-order valence-electron chi connectivity index (χ3n) is 2.56. The molecule has 0 radical (unpaired) electrons. The van der Waals surface area contributed by atoms with Crippen molar-refractivity contribution in [2.45, 2.75) is 13.8 Å². The number of hydrogen-bond acceptors (Lipinski definition) is 5. The lowest BCUT2D eigenvalue weighted by molar-refractivity contribution is 1.04. The first-order valence-corrected chi connectivity index (χ1v) is 6.56. The molecule has 0 atom stereocenters. The first kappa shape index (κ1) is 14.1. The number of hydrogen-bond donors (Lipinski definition) is 2. The number of nitrogens with one attached hydrogen (secondary N) is 2.